The smallest absolute Gasteiger partial charge is 0.115 e. The van der Waals surface area contributed by atoms with Crippen molar-refractivity contribution in [3.05, 3.63) is 71.8 Å². The van der Waals surface area contributed by atoms with E-state index in [4.69, 9.17) is 11.6 Å². The van der Waals surface area contributed by atoms with Crippen molar-refractivity contribution in [1.29, 1.82) is 0 Å². The first-order chi connectivity index (χ1) is 10.2. The number of nitrogens with zero attached hydrogens (tertiary/aromatic N) is 2. The zero-order valence-corrected chi connectivity index (χ0v) is 12.0. The second-order valence-electron chi connectivity index (χ2n) is 4.63. The van der Waals surface area contributed by atoms with Crippen molar-refractivity contribution in [2.45, 2.75) is 6.54 Å². The predicted octanol–water partition coefficient (Wildman–Crippen LogP) is 3.84. The van der Waals surface area contributed by atoms with Crippen LogP contribution in [0.1, 0.15) is 5.56 Å². The average Bonchev–Trinajstić information content (AvgIpc) is 3.00. The highest BCUT2D eigenvalue weighted by atomic mass is 35.5. The Kier molecular flexibility index (Phi) is 3.79. The third kappa shape index (κ3) is 3.01. The third-order valence-corrected chi connectivity index (χ3v) is 3.47. The molecular weight excluding hydrogens is 286 g/mol. The zero-order valence-electron chi connectivity index (χ0n) is 11.2. The zero-order chi connectivity index (χ0) is 14.7. The van der Waals surface area contributed by atoms with Crippen LogP contribution in [0.25, 0.3) is 5.69 Å². The van der Waals surface area contributed by atoms with Crippen molar-refractivity contribution in [3.8, 4) is 11.4 Å². The van der Waals surface area contributed by atoms with E-state index in [1.165, 1.54) is 0 Å². The van der Waals surface area contributed by atoms with E-state index in [0.29, 0.717) is 11.6 Å². The summed E-state index contributed by atoms with van der Waals surface area (Å²) in [5.41, 5.74) is 2.87. The van der Waals surface area contributed by atoms with Gasteiger partial charge in [0, 0.05) is 18.9 Å². The average molecular weight is 300 g/mol. The summed E-state index contributed by atoms with van der Waals surface area (Å²) >= 11 is 6.30. The maximum Gasteiger partial charge on any atom is 0.115 e. The van der Waals surface area contributed by atoms with E-state index in [-0.39, 0.29) is 5.75 Å². The number of hydrogen-bond donors (Lipinski definition) is 2. The molecule has 0 saturated heterocycles. The molecule has 0 radical (unpaired) electrons. The SMILES string of the molecule is Oc1ccc(CNc2cccc(Cl)c2-n2ccnc2)cc1. The van der Waals surface area contributed by atoms with Gasteiger partial charge >= 0.3 is 0 Å². The van der Waals surface area contributed by atoms with E-state index in [0.717, 1.165) is 16.9 Å². The fourth-order valence-electron chi connectivity index (χ4n) is 2.12. The molecule has 0 bridgehead atoms. The Labute approximate surface area is 127 Å². The van der Waals surface area contributed by atoms with Crippen LogP contribution in [0.2, 0.25) is 5.02 Å². The third-order valence-electron chi connectivity index (χ3n) is 3.17. The first kappa shape index (κ1) is 13.5. The van der Waals surface area contributed by atoms with E-state index < -0.39 is 0 Å². The lowest BCUT2D eigenvalue weighted by Gasteiger charge is -2.14. The van der Waals surface area contributed by atoms with Gasteiger partial charge in [0.1, 0.15) is 5.75 Å². The molecule has 0 amide bonds. The number of halogens is 1. The van der Waals surface area contributed by atoms with E-state index in [9.17, 15) is 5.11 Å². The summed E-state index contributed by atoms with van der Waals surface area (Å²) in [4.78, 5) is 4.06. The summed E-state index contributed by atoms with van der Waals surface area (Å²) in [5.74, 6) is 0.264. The highest BCUT2D eigenvalue weighted by Gasteiger charge is 2.08. The second kappa shape index (κ2) is 5.89. The van der Waals surface area contributed by atoms with Crippen molar-refractivity contribution in [3.63, 3.8) is 0 Å². The predicted molar refractivity (Wildman–Crippen MR) is 84.0 cm³/mol. The molecule has 21 heavy (non-hydrogen) atoms. The summed E-state index contributed by atoms with van der Waals surface area (Å²) in [6.07, 6.45) is 5.28. The summed E-state index contributed by atoms with van der Waals surface area (Å²) in [6.45, 7) is 0.641. The molecule has 106 valence electrons. The van der Waals surface area contributed by atoms with Crippen LogP contribution >= 0.6 is 11.6 Å². The first-order valence-corrected chi connectivity index (χ1v) is 6.90. The monoisotopic (exact) mass is 299 g/mol. The summed E-state index contributed by atoms with van der Waals surface area (Å²) in [6, 6.07) is 12.8. The number of benzene rings is 2. The van der Waals surface area contributed by atoms with Gasteiger partial charge in [0.2, 0.25) is 0 Å². The number of imidazole rings is 1. The Balaban J connectivity index is 1.86. The lowest BCUT2D eigenvalue weighted by molar-refractivity contribution is 0.475. The largest absolute Gasteiger partial charge is 0.508 e. The molecule has 0 aliphatic carbocycles. The number of rotatable bonds is 4. The minimum atomic E-state index is 0.264. The second-order valence-corrected chi connectivity index (χ2v) is 5.03. The molecule has 0 atom stereocenters. The van der Waals surface area contributed by atoms with Gasteiger partial charge in [-0.2, -0.15) is 0 Å². The maximum absolute atomic E-state index is 9.30. The number of aromatic hydroxyl groups is 1. The molecule has 1 aromatic heterocycles. The molecule has 2 N–H and O–H groups in total. The highest BCUT2D eigenvalue weighted by molar-refractivity contribution is 6.33. The van der Waals surface area contributed by atoms with E-state index >= 15 is 0 Å². The van der Waals surface area contributed by atoms with Crippen LogP contribution in [0.4, 0.5) is 5.69 Å². The number of para-hydroxylation sites is 1. The molecule has 0 aliphatic rings. The fourth-order valence-corrected chi connectivity index (χ4v) is 2.40. The number of aromatic nitrogens is 2. The van der Waals surface area contributed by atoms with Crippen molar-refractivity contribution in [2.24, 2.45) is 0 Å². The van der Waals surface area contributed by atoms with Crippen molar-refractivity contribution in [2.75, 3.05) is 5.32 Å². The molecule has 4 nitrogen and oxygen atoms in total. The molecule has 0 fully saturated rings. The van der Waals surface area contributed by atoms with Crippen LogP contribution in [0.5, 0.6) is 5.75 Å². The number of hydrogen-bond acceptors (Lipinski definition) is 3. The van der Waals surface area contributed by atoms with Crippen LogP contribution < -0.4 is 5.32 Å². The Morgan fingerprint density at radius 1 is 1.14 bits per heavy atom. The van der Waals surface area contributed by atoms with Gasteiger partial charge < -0.3 is 15.0 Å². The molecule has 0 aliphatic heterocycles. The van der Waals surface area contributed by atoms with Gasteiger partial charge in [-0.3, -0.25) is 0 Å². The van der Waals surface area contributed by atoms with Gasteiger partial charge in [-0.25, -0.2) is 4.98 Å². The summed E-state index contributed by atoms with van der Waals surface area (Å²) in [5, 5.41) is 13.3. The van der Waals surface area contributed by atoms with Gasteiger partial charge in [-0.1, -0.05) is 29.8 Å². The van der Waals surface area contributed by atoms with Crippen LogP contribution in [-0.2, 0) is 6.54 Å². The summed E-state index contributed by atoms with van der Waals surface area (Å²) < 4.78 is 1.88. The Morgan fingerprint density at radius 2 is 1.95 bits per heavy atom. The van der Waals surface area contributed by atoms with Crippen molar-refractivity contribution < 1.29 is 5.11 Å². The lowest BCUT2D eigenvalue weighted by Crippen LogP contribution is -2.04. The van der Waals surface area contributed by atoms with Gasteiger partial charge in [0.05, 0.1) is 22.7 Å². The standard InChI is InChI=1S/C16H14ClN3O/c17-14-2-1-3-15(16(14)20-9-8-18-11-20)19-10-12-4-6-13(21)7-5-12/h1-9,11,19,21H,10H2. The number of phenolic OH excluding ortho intramolecular Hbond substituents is 1. The van der Waals surface area contributed by atoms with Gasteiger partial charge in [-0.15, -0.1) is 0 Å². The molecular formula is C16H14ClN3O. The minimum Gasteiger partial charge on any atom is -0.508 e. The van der Waals surface area contributed by atoms with Crippen LogP contribution in [0.15, 0.2) is 61.2 Å². The Morgan fingerprint density at radius 3 is 2.67 bits per heavy atom. The normalized spacial score (nSPS) is 10.5. The van der Waals surface area contributed by atoms with Crippen LogP contribution in [0.3, 0.4) is 0 Å². The van der Waals surface area contributed by atoms with Crippen molar-refractivity contribution >= 4 is 17.3 Å². The van der Waals surface area contributed by atoms with E-state index in [1.54, 1.807) is 24.7 Å². The van der Waals surface area contributed by atoms with Gasteiger partial charge in [0.15, 0.2) is 0 Å². The van der Waals surface area contributed by atoms with Gasteiger partial charge in [-0.05, 0) is 29.8 Å². The van der Waals surface area contributed by atoms with Crippen molar-refractivity contribution in [1.82, 2.24) is 9.55 Å². The van der Waals surface area contributed by atoms with Crippen LogP contribution in [-0.4, -0.2) is 14.7 Å². The topological polar surface area (TPSA) is 50.1 Å². The molecule has 3 rings (SSSR count). The highest BCUT2D eigenvalue weighted by Crippen LogP contribution is 2.28. The molecule has 3 aromatic rings. The van der Waals surface area contributed by atoms with E-state index in [2.05, 4.69) is 10.3 Å². The molecule has 2 aromatic carbocycles. The Hall–Kier alpha value is -2.46. The number of anilines is 1. The Bertz CT molecular complexity index is 724. The molecule has 0 spiro atoms. The maximum atomic E-state index is 9.30. The number of nitrogens with one attached hydrogen (secondary N) is 1. The molecule has 0 saturated carbocycles. The lowest BCUT2D eigenvalue weighted by atomic mass is 10.2. The number of phenols is 1. The molecule has 5 heteroatoms. The summed E-state index contributed by atoms with van der Waals surface area (Å²) in [7, 11) is 0. The van der Waals surface area contributed by atoms with Gasteiger partial charge in [0.25, 0.3) is 0 Å². The quantitative estimate of drug-likeness (QED) is 0.769. The fraction of sp³-hybridized carbons (Fsp3) is 0.0625. The van der Waals surface area contributed by atoms with E-state index in [1.807, 2.05) is 41.1 Å². The minimum absolute atomic E-state index is 0.264. The molecule has 0 unspecified atom stereocenters. The molecule has 1 heterocycles. The first-order valence-electron chi connectivity index (χ1n) is 6.52. The van der Waals surface area contributed by atoms with Crippen LogP contribution in [0, 0.1) is 0 Å².